The Hall–Kier alpha value is -2.57. The lowest BCUT2D eigenvalue weighted by Gasteiger charge is -2.33. The maximum absolute atomic E-state index is 12.1. The molecule has 140 valence electrons. The van der Waals surface area contributed by atoms with Gasteiger partial charge in [-0.1, -0.05) is 0 Å². The molecule has 7 heteroatoms. The van der Waals surface area contributed by atoms with E-state index < -0.39 is 0 Å². The second kappa shape index (κ2) is 9.22. The molecule has 2 aromatic rings. The average molecular weight is 357 g/mol. The Balaban J connectivity index is 1.46. The molecule has 3 rings (SSSR count). The summed E-state index contributed by atoms with van der Waals surface area (Å²) in [4.78, 5) is 23.0. The molecule has 7 nitrogen and oxygen atoms in total. The molecule has 2 aromatic heterocycles. The van der Waals surface area contributed by atoms with Crippen LogP contribution < -0.4 is 15.5 Å². The van der Waals surface area contributed by atoms with Crippen molar-refractivity contribution in [2.75, 3.05) is 29.9 Å². The van der Waals surface area contributed by atoms with Crippen molar-refractivity contribution in [1.82, 2.24) is 15.3 Å². The number of aromatic nitrogens is 2. The molecular formula is C19H27N5O2. The summed E-state index contributed by atoms with van der Waals surface area (Å²) in [6.45, 7) is 5.29. The van der Waals surface area contributed by atoms with Gasteiger partial charge in [0, 0.05) is 32.1 Å². The topological polar surface area (TPSA) is 83.3 Å². The summed E-state index contributed by atoms with van der Waals surface area (Å²) in [5, 5.41) is 6.14. The van der Waals surface area contributed by atoms with Crippen molar-refractivity contribution in [1.29, 1.82) is 0 Å². The highest BCUT2D eigenvalue weighted by Crippen LogP contribution is 2.25. The van der Waals surface area contributed by atoms with Crippen LogP contribution in [0.2, 0.25) is 0 Å². The van der Waals surface area contributed by atoms with Gasteiger partial charge in [0.25, 0.3) is 0 Å². The Morgan fingerprint density at radius 1 is 1.42 bits per heavy atom. The molecule has 1 aliphatic heterocycles. The highest BCUT2D eigenvalue weighted by atomic mass is 16.3. The third-order valence-corrected chi connectivity index (χ3v) is 4.67. The number of rotatable bonds is 8. The molecule has 26 heavy (non-hydrogen) atoms. The van der Waals surface area contributed by atoms with Gasteiger partial charge in [0.05, 0.1) is 12.8 Å². The van der Waals surface area contributed by atoms with E-state index in [1.807, 2.05) is 18.2 Å². The Kier molecular flexibility index (Phi) is 6.46. The van der Waals surface area contributed by atoms with E-state index >= 15 is 0 Å². The molecule has 1 amide bonds. The fourth-order valence-electron chi connectivity index (χ4n) is 3.33. The third kappa shape index (κ3) is 5.21. The summed E-state index contributed by atoms with van der Waals surface area (Å²) in [7, 11) is 0. The first-order valence-corrected chi connectivity index (χ1v) is 9.34. The second-order valence-electron chi connectivity index (χ2n) is 6.64. The van der Waals surface area contributed by atoms with E-state index in [4.69, 9.17) is 4.42 Å². The van der Waals surface area contributed by atoms with Crippen molar-refractivity contribution in [2.45, 2.75) is 39.2 Å². The van der Waals surface area contributed by atoms with Crippen LogP contribution >= 0.6 is 0 Å². The summed E-state index contributed by atoms with van der Waals surface area (Å²) in [6, 6.07) is 5.69. The van der Waals surface area contributed by atoms with Crippen LogP contribution in [0.4, 0.5) is 11.6 Å². The van der Waals surface area contributed by atoms with Crippen LogP contribution in [-0.2, 0) is 11.3 Å². The molecule has 0 aromatic carbocycles. The van der Waals surface area contributed by atoms with Crippen molar-refractivity contribution in [2.24, 2.45) is 5.92 Å². The molecular weight excluding hydrogens is 330 g/mol. The lowest BCUT2D eigenvalue weighted by Crippen LogP contribution is -2.36. The van der Waals surface area contributed by atoms with E-state index in [-0.39, 0.29) is 5.91 Å². The van der Waals surface area contributed by atoms with Crippen molar-refractivity contribution in [3.05, 3.63) is 36.5 Å². The zero-order chi connectivity index (χ0) is 18.2. The van der Waals surface area contributed by atoms with Crippen LogP contribution in [0.5, 0.6) is 0 Å². The number of hydrogen-bond acceptors (Lipinski definition) is 6. The average Bonchev–Trinajstić information content (AvgIpc) is 3.19. The minimum atomic E-state index is 0.0787. The Bertz CT molecular complexity index is 689. The molecule has 1 fully saturated rings. The van der Waals surface area contributed by atoms with Gasteiger partial charge >= 0.3 is 0 Å². The Morgan fingerprint density at radius 2 is 2.35 bits per heavy atom. The largest absolute Gasteiger partial charge is 0.467 e. The van der Waals surface area contributed by atoms with Crippen molar-refractivity contribution in [3.63, 3.8) is 0 Å². The smallest absolute Gasteiger partial charge is 0.220 e. The SMILES string of the molecule is CCNc1cc(N2CCC[C@H](CCC(=O)NCc3ccco3)C2)ncn1. The highest BCUT2D eigenvalue weighted by Gasteiger charge is 2.22. The predicted octanol–water partition coefficient (Wildman–Crippen LogP) is 2.81. The zero-order valence-corrected chi connectivity index (χ0v) is 15.3. The van der Waals surface area contributed by atoms with Crippen LogP contribution in [0.25, 0.3) is 0 Å². The first kappa shape index (κ1) is 18.2. The number of hydrogen-bond donors (Lipinski definition) is 2. The molecule has 0 saturated carbocycles. The fraction of sp³-hybridized carbons (Fsp3) is 0.526. The number of nitrogens with one attached hydrogen (secondary N) is 2. The lowest BCUT2D eigenvalue weighted by molar-refractivity contribution is -0.121. The van der Waals surface area contributed by atoms with Gasteiger partial charge in [0.2, 0.25) is 5.91 Å². The molecule has 0 spiro atoms. The number of furan rings is 1. The number of carbonyl (C=O) groups excluding carboxylic acids is 1. The van der Waals surface area contributed by atoms with Gasteiger partial charge in [-0.15, -0.1) is 0 Å². The third-order valence-electron chi connectivity index (χ3n) is 4.67. The molecule has 0 unspecified atom stereocenters. The molecule has 1 aliphatic rings. The Labute approximate surface area is 154 Å². The quantitative estimate of drug-likeness (QED) is 0.756. The van der Waals surface area contributed by atoms with E-state index in [1.165, 1.54) is 0 Å². The second-order valence-corrected chi connectivity index (χ2v) is 6.64. The summed E-state index contributed by atoms with van der Waals surface area (Å²) in [6.07, 6.45) is 6.95. The van der Waals surface area contributed by atoms with Crippen molar-refractivity contribution in [3.8, 4) is 0 Å². The zero-order valence-electron chi connectivity index (χ0n) is 15.3. The van der Waals surface area contributed by atoms with Gasteiger partial charge in [0.15, 0.2) is 0 Å². The van der Waals surface area contributed by atoms with Gasteiger partial charge in [-0.3, -0.25) is 4.79 Å². The number of anilines is 2. The van der Waals surface area contributed by atoms with Crippen LogP contribution in [0.15, 0.2) is 35.2 Å². The minimum absolute atomic E-state index is 0.0787. The summed E-state index contributed by atoms with van der Waals surface area (Å²) < 4.78 is 5.23. The van der Waals surface area contributed by atoms with E-state index in [9.17, 15) is 4.79 Å². The van der Waals surface area contributed by atoms with E-state index in [0.29, 0.717) is 18.9 Å². The van der Waals surface area contributed by atoms with Crippen molar-refractivity contribution >= 4 is 17.5 Å². The monoisotopic (exact) mass is 357 g/mol. The molecule has 1 saturated heterocycles. The van der Waals surface area contributed by atoms with Gasteiger partial charge in [-0.2, -0.15) is 0 Å². The van der Waals surface area contributed by atoms with Gasteiger partial charge in [-0.25, -0.2) is 9.97 Å². The maximum atomic E-state index is 12.1. The summed E-state index contributed by atoms with van der Waals surface area (Å²) >= 11 is 0. The van der Waals surface area contributed by atoms with Gasteiger partial charge < -0.3 is 20.0 Å². The fourth-order valence-corrected chi connectivity index (χ4v) is 3.33. The van der Waals surface area contributed by atoms with E-state index in [0.717, 1.165) is 56.3 Å². The molecule has 0 aliphatic carbocycles. The minimum Gasteiger partial charge on any atom is -0.467 e. The molecule has 2 N–H and O–H groups in total. The first-order valence-electron chi connectivity index (χ1n) is 9.34. The number of amides is 1. The molecule has 0 radical (unpaired) electrons. The first-order chi connectivity index (χ1) is 12.7. The molecule has 0 bridgehead atoms. The number of piperidine rings is 1. The lowest BCUT2D eigenvalue weighted by atomic mass is 9.93. The molecule has 1 atom stereocenters. The van der Waals surface area contributed by atoms with Gasteiger partial charge in [0.1, 0.15) is 23.7 Å². The van der Waals surface area contributed by atoms with Gasteiger partial charge in [-0.05, 0) is 44.2 Å². The van der Waals surface area contributed by atoms with Crippen LogP contribution in [-0.4, -0.2) is 35.5 Å². The molecule has 3 heterocycles. The standard InChI is InChI=1S/C19H27N5O2/c1-2-20-17-11-18(23-14-22-17)24-9-3-5-15(13-24)7-8-19(25)21-12-16-6-4-10-26-16/h4,6,10-11,14-15H,2-3,5,7-9,12-13H2,1H3,(H,21,25)(H,20,22,23)/t15-/m1/s1. The van der Waals surface area contributed by atoms with Crippen LogP contribution in [0.1, 0.15) is 38.4 Å². The number of nitrogens with zero attached hydrogens (tertiary/aromatic N) is 3. The highest BCUT2D eigenvalue weighted by molar-refractivity contribution is 5.75. The summed E-state index contributed by atoms with van der Waals surface area (Å²) in [5.74, 6) is 3.19. The van der Waals surface area contributed by atoms with E-state index in [1.54, 1.807) is 12.6 Å². The number of carbonyl (C=O) groups is 1. The van der Waals surface area contributed by atoms with Crippen molar-refractivity contribution < 1.29 is 9.21 Å². The normalized spacial score (nSPS) is 17.1. The predicted molar refractivity (Wildman–Crippen MR) is 101 cm³/mol. The maximum Gasteiger partial charge on any atom is 0.220 e. The van der Waals surface area contributed by atoms with Crippen LogP contribution in [0, 0.1) is 5.92 Å². The van der Waals surface area contributed by atoms with Crippen LogP contribution in [0.3, 0.4) is 0 Å². The summed E-state index contributed by atoms with van der Waals surface area (Å²) in [5.41, 5.74) is 0. The van der Waals surface area contributed by atoms with E-state index in [2.05, 4.69) is 32.4 Å². The Morgan fingerprint density at radius 3 is 3.15 bits per heavy atom.